The molecule has 2 aromatic heterocycles. The first-order chi connectivity index (χ1) is 8.15. The Hall–Kier alpha value is -1.15. The summed E-state index contributed by atoms with van der Waals surface area (Å²) >= 11 is 0. The van der Waals surface area contributed by atoms with Gasteiger partial charge in [0.2, 0.25) is 10.0 Å². The molecule has 0 aliphatic heterocycles. The minimum Gasteiger partial charge on any atom is -0.345 e. The number of aromatic amines is 1. The number of H-pyrrole nitrogens is 1. The Labute approximate surface area is 111 Å². The third-order valence-electron chi connectivity index (χ3n) is 2.38. The monoisotopic (exact) mass is 290 g/mol. The van der Waals surface area contributed by atoms with E-state index in [0.29, 0.717) is 30.5 Å². The molecule has 100 valence electrons. The van der Waals surface area contributed by atoms with E-state index in [1.807, 2.05) is 0 Å². The molecule has 0 bridgehead atoms. The zero-order valence-electron chi connectivity index (χ0n) is 9.59. The molecule has 0 unspecified atom stereocenters. The molecule has 6 nitrogen and oxygen atoms in total. The molecule has 0 saturated heterocycles. The lowest BCUT2D eigenvalue weighted by atomic mass is 10.3. The van der Waals surface area contributed by atoms with Gasteiger partial charge in [0.1, 0.15) is 10.5 Å². The van der Waals surface area contributed by atoms with Gasteiger partial charge in [0, 0.05) is 24.3 Å². The fourth-order valence-corrected chi connectivity index (χ4v) is 2.78. The first-order valence-electron chi connectivity index (χ1n) is 5.27. The molecule has 8 heteroatoms. The first kappa shape index (κ1) is 14.9. The van der Waals surface area contributed by atoms with Crippen molar-refractivity contribution in [2.75, 3.05) is 13.1 Å². The van der Waals surface area contributed by atoms with Crippen LogP contribution in [0.5, 0.6) is 0 Å². The van der Waals surface area contributed by atoms with Crippen molar-refractivity contribution in [2.45, 2.75) is 11.3 Å². The second-order valence-electron chi connectivity index (χ2n) is 3.59. The van der Waals surface area contributed by atoms with Crippen molar-refractivity contribution >= 4 is 33.5 Å². The number of hydrogen-bond acceptors (Lipinski definition) is 4. The van der Waals surface area contributed by atoms with E-state index in [9.17, 15) is 8.42 Å². The molecule has 2 heterocycles. The minimum atomic E-state index is -3.49. The van der Waals surface area contributed by atoms with E-state index in [4.69, 9.17) is 5.73 Å². The molecule has 2 aromatic rings. The molecule has 4 N–H and O–H groups in total. The number of aromatic nitrogens is 2. The topological polar surface area (TPSA) is 101 Å². The Bertz CT molecular complexity index is 611. The van der Waals surface area contributed by atoms with Crippen molar-refractivity contribution in [1.29, 1.82) is 0 Å². The summed E-state index contributed by atoms with van der Waals surface area (Å²) in [7, 11) is -3.49. The summed E-state index contributed by atoms with van der Waals surface area (Å²) < 4.78 is 26.5. The number of rotatable bonds is 5. The van der Waals surface area contributed by atoms with Crippen LogP contribution in [0.3, 0.4) is 0 Å². The van der Waals surface area contributed by atoms with Crippen LogP contribution < -0.4 is 10.5 Å². The van der Waals surface area contributed by atoms with Crippen LogP contribution in [0.15, 0.2) is 29.4 Å². The Balaban J connectivity index is 0.00000162. The van der Waals surface area contributed by atoms with E-state index >= 15 is 0 Å². The SMILES string of the molecule is Cl.NCCCNS(=O)(=O)c1c[nH]c2ncccc12. The highest BCUT2D eigenvalue weighted by Gasteiger charge is 2.18. The van der Waals surface area contributed by atoms with Crippen molar-refractivity contribution in [2.24, 2.45) is 5.73 Å². The number of pyridine rings is 1. The predicted octanol–water partition coefficient (Wildman–Crippen LogP) is 0.612. The molecule has 18 heavy (non-hydrogen) atoms. The van der Waals surface area contributed by atoms with Gasteiger partial charge in [-0.25, -0.2) is 18.1 Å². The largest absolute Gasteiger partial charge is 0.345 e. The van der Waals surface area contributed by atoms with Gasteiger partial charge in [-0.15, -0.1) is 12.4 Å². The molecule has 0 atom stereocenters. The quantitative estimate of drug-likeness (QED) is 0.702. The van der Waals surface area contributed by atoms with Gasteiger partial charge in [-0.05, 0) is 25.1 Å². The molecule has 0 amide bonds. The maximum Gasteiger partial charge on any atom is 0.242 e. The Morgan fingerprint density at radius 1 is 1.44 bits per heavy atom. The lowest BCUT2D eigenvalue weighted by Crippen LogP contribution is -2.26. The van der Waals surface area contributed by atoms with Crippen LogP contribution >= 0.6 is 12.4 Å². The molecule has 0 radical (unpaired) electrons. The van der Waals surface area contributed by atoms with E-state index in [2.05, 4.69) is 14.7 Å². The second kappa shape index (κ2) is 6.14. The maximum atomic E-state index is 12.0. The summed E-state index contributed by atoms with van der Waals surface area (Å²) in [6, 6.07) is 3.42. The molecular formula is C10H15ClN4O2S. The van der Waals surface area contributed by atoms with Crippen molar-refractivity contribution in [3.63, 3.8) is 0 Å². The number of nitrogens with zero attached hydrogens (tertiary/aromatic N) is 1. The van der Waals surface area contributed by atoms with Crippen LogP contribution in [0.1, 0.15) is 6.42 Å². The van der Waals surface area contributed by atoms with Crippen LogP contribution in [-0.2, 0) is 10.0 Å². The van der Waals surface area contributed by atoms with Gasteiger partial charge in [-0.2, -0.15) is 0 Å². The Morgan fingerprint density at radius 3 is 2.94 bits per heavy atom. The fourth-order valence-electron chi connectivity index (χ4n) is 1.54. The summed E-state index contributed by atoms with van der Waals surface area (Å²) in [6.45, 7) is 0.795. The fraction of sp³-hybridized carbons (Fsp3) is 0.300. The highest BCUT2D eigenvalue weighted by Crippen LogP contribution is 2.20. The standard InChI is InChI=1S/C10H14N4O2S.ClH/c11-4-2-6-14-17(15,16)9-7-13-10-8(9)3-1-5-12-10;/h1,3,5,7,14H,2,4,6,11H2,(H,12,13);1H. The van der Waals surface area contributed by atoms with Crippen LogP contribution in [0.4, 0.5) is 0 Å². The molecule has 2 rings (SSSR count). The van der Waals surface area contributed by atoms with Crippen molar-refractivity contribution < 1.29 is 8.42 Å². The van der Waals surface area contributed by atoms with Crippen LogP contribution in [0.2, 0.25) is 0 Å². The number of hydrogen-bond donors (Lipinski definition) is 3. The summed E-state index contributed by atoms with van der Waals surface area (Å²) in [5.74, 6) is 0. The van der Waals surface area contributed by atoms with E-state index in [1.54, 1.807) is 18.3 Å². The van der Waals surface area contributed by atoms with Gasteiger partial charge in [-0.1, -0.05) is 0 Å². The van der Waals surface area contributed by atoms with Gasteiger partial charge in [-0.3, -0.25) is 0 Å². The van der Waals surface area contributed by atoms with Crippen LogP contribution in [-0.4, -0.2) is 31.5 Å². The molecule has 0 saturated carbocycles. The molecule has 0 aliphatic carbocycles. The van der Waals surface area contributed by atoms with Crippen molar-refractivity contribution in [3.05, 3.63) is 24.5 Å². The molecule has 0 fully saturated rings. The Morgan fingerprint density at radius 2 is 2.22 bits per heavy atom. The average Bonchev–Trinajstić information content (AvgIpc) is 2.73. The number of nitrogens with one attached hydrogen (secondary N) is 2. The smallest absolute Gasteiger partial charge is 0.242 e. The zero-order valence-corrected chi connectivity index (χ0v) is 11.2. The van der Waals surface area contributed by atoms with Gasteiger partial charge in [0.15, 0.2) is 0 Å². The lowest BCUT2D eigenvalue weighted by Gasteiger charge is -2.04. The van der Waals surface area contributed by atoms with Crippen molar-refractivity contribution in [3.8, 4) is 0 Å². The van der Waals surface area contributed by atoms with Crippen molar-refractivity contribution in [1.82, 2.24) is 14.7 Å². The van der Waals surface area contributed by atoms with Gasteiger partial charge in [0.05, 0.1) is 0 Å². The molecule has 0 aliphatic rings. The predicted molar refractivity (Wildman–Crippen MR) is 72.2 cm³/mol. The number of halogens is 1. The molecular weight excluding hydrogens is 276 g/mol. The summed E-state index contributed by atoms with van der Waals surface area (Å²) in [5, 5.41) is 0.591. The number of sulfonamides is 1. The number of fused-ring (bicyclic) bond motifs is 1. The second-order valence-corrected chi connectivity index (χ2v) is 5.33. The van der Waals surface area contributed by atoms with Gasteiger partial charge in [0.25, 0.3) is 0 Å². The molecule has 0 aromatic carbocycles. The van der Waals surface area contributed by atoms with Crippen LogP contribution in [0, 0.1) is 0 Å². The third-order valence-corrected chi connectivity index (χ3v) is 3.88. The van der Waals surface area contributed by atoms with E-state index in [-0.39, 0.29) is 17.3 Å². The van der Waals surface area contributed by atoms with E-state index < -0.39 is 10.0 Å². The zero-order chi connectivity index (χ0) is 12.3. The van der Waals surface area contributed by atoms with E-state index in [0.717, 1.165) is 0 Å². The molecule has 0 spiro atoms. The first-order valence-corrected chi connectivity index (χ1v) is 6.75. The summed E-state index contributed by atoms with van der Waals surface area (Å²) in [6.07, 6.45) is 3.67. The van der Waals surface area contributed by atoms with E-state index in [1.165, 1.54) is 6.20 Å². The highest BCUT2D eigenvalue weighted by atomic mass is 35.5. The average molecular weight is 291 g/mol. The number of nitrogens with two attached hydrogens (primary N) is 1. The maximum absolute atomic E-state index is 12.0. The van der Waals surface area contributed by atoms with Gasteiger partial charge < -0.3 is 10.7 Å². The van der Waals surface area contributed by atoms with Crippen LogP contribution in [0.25, 0.3) is 11.0 Å². The minimum absolute atomic E-state index is 0. The summed E-state index contributed by atoms with van der Waals surface area (Å²) in [4.78, 5) is 7.09. The Kier molecular flexibility index (Phi) is 5.09. The summed E-state index contributed by atoms with van der Waals surface area (Å²) in [5.41, 5.74) is 5.88. The lowest BCUT2D eigenvalue weighted by molar-refractivity contribution is 0.580. The third kappa shape index (κ3) is 2.99. The normalized spacial score (nSPS) is 11.4. The van der Waals surface area contributed by atoms with Gasteiger partial charge >= 0.3 is 0 Å². The highest BCUT2D eigenvalue weighted by molar-refractivity contribution is 7.89.